The first kappa shape index (κ1) is 19.8. The molecule has 4 rings (SSSR count). The number of carboxylic acid groups (broad SMARTS) is 1. The maximum absolute atomic E-state index is 12.7. The molecule has 10 heteroatoms. The van der Waals surface area contributed by atoms with E-state index >= 15 is 0 Å². The van der Waals surface area contributed by atoms with E-state index in [0.717, 1.165) is 11.8 Å². The van der Waals surface area contributed by atoms with Gasteiger partial charge in [0.05, 0.1) is 11.3 Å². The summed E-state index contributed by atoms with van der Waals surface area (Å²) in [5.41, 5.74) is 0.975. The number of aliphatic imine (C=N–C) groups is 1. The van der Waals surface area contributed by atoms with Gasteiger partial charge in [-0.15, -0.1) is 0 Å². The minimum Gasteiger partial charge on any atom is -0.478 e. The largest absolute Gasteiger partial charge is 0.478 e. The first-order chi connectivity index (χ1) is 14.4. The van der Waals surface area contributed by atoms with Crippen LogP contribution in [0, 0.1) is 0 Å². The molecule has 9 nitrogen and oxygen atoms in total. The maximum atomic E-state index is 12.7. The van der Waals surface area contributed by atoms with Crippen LogP contribution in [0.15, 0.2) is 47.5 Å². The second-order valence-corrected chi connectivity index (χ2v) is 7.74. The standard InChI is InChI=1S/C20H17N3O6S/c1-23-17(24)9-16(18(25)21-12-4-2-3-11(7-12)19(26)27)30-20(23)22-13-5-6-14-15(8-13)29-10-28-14/h2-8,16H,9-10H2,1H3,(H,21,25)(H,26,27)/t16-/m1/s1. The molecule has 0 saturated carbocycles. The molecule has 1 fully saturated rings. The van der Waals surface area contributed by atoms with Crippen LogP contribution in [0.4, 0.5) is 11.4 Å². The molecule has 2 amide bonds. The summed E-state index contributed by atoms with van der Waals surface area (Å²) in [5, 5.41) is 11.4. The van der Waals surface area contributed by atoms with Crippen LogP contribution in [-0.2, 0) is 9.59 Å². The predicted octanol–water partition coefficient (Wildman–Crippen LogP) is 2.70. The van der Waals surface area contributed by atoms with Crippen molar-refractivity contribution in [3.63, 3.8) is 0 Å². The molecule has 1 saturated heterocycles. The zero-order valence-electron chi connectivity index (χ0n) is 15.8. The molecule has 2 aromatic carbocycles. The monoisotopic (exact) mass is 427 g/mol. The van der Waals surface area contributed by atoms with E-state index in [4.69, 9.17) is 14.6 Å². The fourth-order valence-corrected chi connectivity index (χ4v) is 3.98. The number of carboxylic acids is 1. The van der Waals surface area contributed by atoms with Crippen molar-refractivity contribution in [3.8, 4) is 11.5 Å². The number of hydrogen-bond donors (Lipinski definition) is 2. The molecular formula is C20H17N3O6S. The maximum Gasteiger partial charge on any atom is 0.335 e. The third-order valence-corrected chi connectivity index (χ3v) is 5.76. The van der Waals surface area contributed by atoms with E-state index in [9.17, 15) is 14.4 Å². The highest BCUT2D eigenvalue weighted by molar-refractivity contribution is 8.15. The first-order valence-electron chi connectivity index (χ1n) is 8.96. The number of ether oxygens (including phenoxy) is 2. The number of anilines is 1. The molecule has 2 aliphatic rings. The Labute approximate surface area is 175 Å². The Hall–Kier alpha value is -3.53. The summed E-state index contributed by atoms with van der Waals surface area (Å²) in [7, 11) is 1.60. The molecule has 0 unspecified atom stereocenters. The zero-order valence-corrected chi connectivity index (χ0v) is 16.6. The number of hydrogen-bond acceptors (Lipinski definition) is 7. The number of carbonyl (C=O) groups excluding carboxylic acids is 2. The number of aromatic carboxylic acids is 1. The van der Waals surface area contributed by atoms with E-state index in [1.807, 2.05) is 0 Å². The summed E-state index contributed by atoms with van der Waals surface area (Å²) in [6.45, 7) is 0.147. The van der Waals surface area contributed by atoms with Gasteiger partial charge < -0.3 is 19.9 Å². The van der Waals surface area contributed by atoms with Crippen LogP contribution in [0.25, 0.3) is 0 Å². The van der Waals surface area contributed by atoms with Gasteiger partial charge in [-0.05, 0) is 30.3 Å². The minimum atomic E-state index is -1.09. The quantitative estimate of drug-likeness (QED) is 0.770. The van der Waals surface area contributed by atoms with E-state index in [-0.39, 0.29) is 24.7 Å². The molecule has 2 heterocycles. The fourth-order valence-electron chi connectivity index (χ4n) is 2.92. The molecule has 1 atom stereocenters. The number of fused-ring (bicyclic) bond motifs is 1. The Balaban J connectivity index is 1.52. The number of benzene rings is 2. The average molecular weight is 427 g/mol. The molecule has 30 heavy (non-hydrogen) atoms. The minimum absolute atomic E-state index is 0.00573. The van der Waals surface area contributed by atoms with Crippen LogP contribution >= 0.6 is 11.8 Å². The van der Waals surface area contributed by atoms with Gasteiger partial charge in [0.25, 0.3) is 0 Å². The highest BCUT2D eigenvalue weighted by Crippen LogP contribution is 2.36. The van der Waals surface area contributed by atoms with Crippen LogP contribution in [0.3, 0.4) is 0 Å². The zero-order chi connectivity index (χ0) is 21.3. The van der Waals surface area contributed by atoms with Crippen LogP contribution in [0.2, 0.25) is 0 Å². The van der Waals surface area contributed by atoms with E-state index in [2.05, 4.69) is 10.3 Å². The second kappa shape index (κ2) is 8.07. The van der Waals surface area contributed by atoms with Crippen molar-refractivity contribution >= 4 is 46.1 Å². The molecular weight excluding hydrogens is 410 g/mol. The summed E-state index contributed by atoms with van der Waals surface area (Å²) in [6.07, 6.45) is 0.00573. The molecule has 0 aliphatic carbocycles. The smallest absolute Gasteiger partial charge is 0.335 e. The van der Waals surface area contributed by atoms with E-state index < -0.39 is 17.1 Å². The normalized spacial score (nSPS) is 19.1. The Morgan fingerprint density at radius 2 is 2.00 bits per heavy atom. The van der Waals surface area contributed by atoms with Gasteiger partial charge in [-0.1, -0.05) is 17.8 Å². The van der Waals surface area contributed by atoms with Crippen LogP contribution in [0.5, 0.6) is 11.5 Å². The van der Waals surface area contributed by atoms with E-state index in [1.54, 1.807) is 37.4 Å². The molecule has 0 aromatic heterocycles. The summed E-state index contributed by atoms with van der Waals surface area (Å²) < 4.78 is 10.6. The van der Waals surface area contributed by atoms with Gasteiger partial charge in [0.1, 0.15) is 5.25 Å². The molecule has 2 N–H and O–H groups in total. The lowest BCUT2D eigenvalue weighted by molar-refractivity contribution is -0.128. The summed E-state index contributed by atoms with van der Waals surface area (Å²) in [5.74, 6) is -0.539. The molecule has 154 valence electrons. The molecule has 0 spiro atoms. The number of amides is 2. The summed E-state index contributed by atoms with van der Waals surface area (Å²) >= 11 is 1.16. The van der Waals surface area contributed by atoms with Crippen molar-refractivity contribution in [1.82, 2.24) is 4.90 Å². The van der Waals surface area contributed by atoms with Crippen molar-refractivity contribution < 1.29 is 29.0 Å². The highest BCUT2D eigenvalue weighted by Gasteiger charge is 2.34. The van der Waals surface area contributed by atoms with Crippen molar-refractivity contribution in [1.29, 1.82) is 0 Å². The Bertz CT molecular complexity index is 1070. The van der Waals surface area contributed by atoms with Crippen molar-refractivity contribution in [2.75, 3.05) is 19.2 Å². The number of nitrogens with one attached hydrogen (secondary N) is 1. The molecule has 0 radical (unpaired) electrons. The van der Waals surface area contributed by atoms with Crippen molar-refractivity contribution in [3.05, 3.63) is 48.0 Å². The van der Waals surface area contributed by atoms with Gasteiger partial charge in [0.15, 0.2) is 16.7 Å². The lowest BCUT2D eigenvalue weighted by atomic mass is 10.2. The number of rotatable bonds is 4. The summed E-state index contributed by atoms with van der Waals surface area (Å²) in [6, 6.07) is 11.1. The highest BCUT2D eigenvalue weighted by atomic mass is 32.2. The number of carbonyl (C=O) groups is 3. The SMILES string of the molecule is CN1C(=O)C[C@H](C(=O)Nc2cccc(C(=O)O)c2)SC1=Nc1ccc2c(c1)OCO2. The van der Waals surface area contributed by atoms with Gasteiger partial charge >= 0.3 is 5.97 Å². The Morgan fingerprint density at radius 3 is 2.80 bits per heavy atom. The second-order valence-electron chi connectivity index (χ2n) is 6.57. The topological polar surface area (TPSA) is 118 Å². The Morgan fingerprint density at radius 1 is 1.20 bits per heavy atom. The molecule has 0 bridgehead atoms. The number of amidine groups is 1. The molecule has 2 aromatic rings. The summed E-state index contributed by atoms with van der Waals surface area (Å²) in [4.78, 5) is 42.1. The van der Waals surface area contributed by atoms with Gasteiger partial charge in [0, 0.05) is 25.2 Å². The lowest BCUT2D eigenvalue weighted by Gasteiger charge is -2.28. The number of thioether (sulfide) groups is 1. The fraction of sp³-hybridized carbons (Fsp3) is 0.200. The average Bonchev–Trinajstić information content (AvgIpc) is 3.19. The molecule has 2 aliphatic heterocycles. The third-order valence-electron chi connectivity index (χ3n) is 4.52. The van der Waals surface area contributed by atoms with E-state index in [0.29, 0.717) is 28.0 Å². The van der Waals surface area contributed by atoms with Gasteiger partial charge in [-0.2, -0.15) is 0 Å². The van der Waals surface area contributed by atoms with Gasteiger partial charge in [0.2, 0.25) is 18.6 Å². The van der Waals surface area contributed by atoms with E-state index in [1.165, 1.54) is 17.0 Å². The van der Waals surface area contributed by atoms with Crippen LogP contribution in [0.1, 0.15) is 16.8 Å². The predicted molar refractivity (Wildman–Crippen MR) is 110 cm³/mol. The van der Waals surface area contributed by atoms with Crippen LogP contribution in [-0.4, -0.2) is 52.0 Å². The lowest BCUT2D eigenvalue weighted by Crippen LogP contribution is -2.43. The number of nitrogens with zero attached hydrogens (tertiary/aromatic N) is 2. The first-order valence-corrected chi connectivity index (χ1v) is 9.84. The van der Waals surface area contributed by atoms with Gasteiger partial charge in [-0.3, -0.25) is 14.5 Å². The Kier molecular flexibility index (Phi) is 5.32. The van der Waals surface area contributed by atoms with Crippen LogP contribution < -0.4 is 14.8 Å². The van der Waals surface area contributed by atoms with Crippen molar-refractivity contribution in [2.24, 2.45) is 4.99 Å². The van der Waals surface area contributed by atoms with Gasteiger partial charge in [-0.25, -0.2) is 9.79 Å². The van der Waals surface area contributed by atoms with Crippen molar-refractivity contribution in [2.45, 2.75) is 11.7 Å². The third kappa shape index (κ3) is 4.08.